The maximum atomic E-state index is 12.5. The maximum absolute atomic E-state index is 12.5. The molecule has 0 aliphatic carbocycles. The van der Waals surface area contributed by atoms with Crippen LogP contribution in [-0.2, 0) is 0 Å². The van der Waals surface area contributed by atoms with Crippen molar-refractivity contribution < 1.29 is 13.9 Å². The summed E-state index contributed by atoms with van der Waals surface area (Å²) in [6.45, 7) is 2.69. The highest BCUT2D eigenvalue weighted by Crippen LogP contribution is 2.20. The fraction of sp³-hybridized carbons (Fsp3) is 0.200. The van der Waals surface area contributed by atoms with Crippen LogP contribution in [0.25, 0.3) is 5.69 Å². The Morgan fingerprint density at radius 2 is 1.81 bits per heavy atom. The number of carbonyl (C=O) groups is 1. The lowest BCUT2D eigenvalue weighted by molar-refractivity contribution is 0.0175. The molecular weight excluding hydrogens is 332 g/mol. The molecule has 6 heteroatoms. The first kappa shape index (κ1) is 16.2. The van der Waals surface area contributed by atoms with E-state index in [1.165, 1.54) is 6.07 Å². The van der Waals surface area contributed by atoms with E-state index in [1.54, 1.807) is 17.9 Å². The highest BCUT2D eigenvalue weighted by molar-refractivity contribution is 5.95. The second-order valence-electron chi connectivity index (χ2n) is 6.31. The number of nitrogens with zero attached hydrogens (tertiary/aromatic N) is 2. The van der Waals surface area contributed by atoms with Crippen LogP contribution in [0.2, 0.25) is 0 Å². The number of hydrogen-bond acceptors (Lipinski definition) is 4. The zero-order valence-corrected chi connectivity index (χ0v) is 14.3. The first-order valence-corrected chi connectivity index (χ1v) is 8.39. The first-order valence-electron chi connectivity index (χ1n) is 8.39. The Bertz CT molecular complexity index is 968. The van der Waals surface area contributed by atoms with Crippen LogP contribution in [0.15, 0.2) is 70.1 Å². The van der Waals surface area contributed by atoms with Gasteiger partial charge in [-0.1, -0.05) is 0 Å². The molecule has 0 N–H and O–H groups in total. The van der Waals surface area contributed by atoms with Gasteiger partial charge in [0.1, 0.15) is 17.6 Å². The van der Waals surface area contributed by atoms with Crippen molar-refractivity contribution in [1.29, 1.82) is 0 Å². The van der Waals surface area contributed by atoms with Crippen molar-refractivity contribution in [2.75, 3.05) is 13.1 Å². The van der Waals surface area contributed by atoms with E-state index in [1.807, 2.05) is 53.4 Å². The molecule has 1 aliphatic heterocycles. The summed E-state index contributed by atoms with van der Waals surface area (Å²) in [6, 6.07) is 14.4. The quantitative estimate of drug-likeness (QED) is 0.726. The zero-order chi connectivity index (χ0) is 18.1. The molecule has 2 aromatic heterocycles. The minimum Gasteiger partial charge on any atom is -0.486 e. The molecule has 0 spiro atoms. The first-order chi connectivity index (χ1) is 12.6. The standard InChI is InChI=1S/C20H18N2O4/c1-14-10-17(11-19(23)25-14)26-18-12-22(13-18)20(24)15-4-6-16(7-5-15)21-8-2-3-9-21/h2-11,18H,12-13H2,1H3. The third kappa shape index (κ3) is 3.26. The molecule has 1 amide bonds. The molecule has 0 unspecified atom stereocenters. The van der Waals surface area contributed by atoms with Crippen molar-refractivity contribution in [2.24, 2.45) is 0 Å². The van der Waals surface area contributed by atoms with Crippen LogP contribution in [0.1, 0.15) is 16.1 Å². The number of amides is 1. The van der Waals surface area contributed by atoms with E-state index < -0.39 is 5.63 Å². The topological polar surface area (TPSA) is 64.7 Å². The molecule has 0 bridgehead atoms. The Hall–Kier alpha value is -3.28. The number of aryl methyl sites for hydroxylation is 1. The number of likely N-dealkylation sites (tertiary alicyclic amines) is 1. The molecule has 3 aromatic rings. The number of benzene rings is 1. The van der Waals surface area contributed by atoms with Crippen LogP contribution in [0.5, 0.6) is 5.75 Å². The number of ether oxygens (including phenoxy) is 1. The maximum Gasteiger partial charge on any atom is 0.339 e. The molecule has 1 saturated heterocycles. The molecule has 1 fully saturated rings. The average molecular weight is 350 g/mol. The minimum atomic E-state index is -0.435. The van der Waals surface area contributed by atoms with Gasteiger partial charge in [0, 0.05) is 29.7 Å². The van der Waals surface area contributed by atoms with Gasteiger partial charge in [-0.2, -0.15) is 0 Å². The summed E-state index contributed by atoms with van der Waals surface area (Å²) in [5.74, 6) is 0.960. The highest BCUT2D eigenvalue weighted by Gasteiger charge is 2.33. The molecule has 132 valence electrons. The molecule has 0 radical (unpaired) electrons. The second-order valence-corrected chi connectivity index (χ2v) is 6.31. The Morgan fingerprint density at radius 3 is 2.46 bits per heavy atom. The van der Waals surface area contributed by atoms with Crippen molar-refractivity contribution in [3.8, 4) is 11.4 Å². The van der Waals surface area contributed by atoms with Crippen molar-refractivity contribution in [1.82, 2.24) is 9.47 Å². The van der Waals surface area contributed by atoms with Gasteiger partial charge in [-0.15, -0.1) is 0 Å². The summed E-state index contributed by atoms with van der Waals surface area (Å²) in [7, 11) is 0. The smallest absolute Gasteiger partial charge is 0.339 e. The van der Waals surface area contributed by atoms with E-state index in [0.29, 0.717) is 30.2 Å². The van der Waals surface area contributed by atoms with Gasteiger partial charge < -0.3 is 18.6 Å². The number of rotatable bonds is 4. The lowest BCUT2D eigenvalue weighted by atomic mass is 10.1. The third-order valence-electron chi connectivity index (χ3n) is 4.32. The molecule has 3 heterocycles. The van der Waals surface area contributed by atoms with Crippen molar-refractivity contribution in [3.63, 3.8) is 0 Å². The Balaban J connectivity index is 1.36. The lowest BCUT2D eigenvalue weighted by Crippen LogP contribution is -2.56. The summed E-state index contributed by atoms with van der Waals surface area (Å²) >= 11 is 0. The number of carbonyl (C=O) groups excluding carboxylic acids is 1. The molecular formula is C20H18N2O4. The summed E-state index contributed by atoms with van der Waals surface area (Å²) < 4.78 is 12.6. The monoisotopic (exact) mass is 350 g/mol. The van der Waals surface area contributed by atoms with E-state index in [-0.39, 0.29) is 12.0 Å². The minimum absolute atomic E-state index is 0.0207. The predicted molar refractivity (Wildman–Crippen MR) is 95.8 cm³/mol. The SMILES string of the molecule is Cc1cc(OC2CN(C(=O)c3ccc(-n4cccc4)cc3)C2)cc(=O)o1. The van der Waals surface area contributed by atoms with Crippen LogP contribution in [-0.4, -0.2) is 34.6 Å². The highest BCUT2D eigenvalue weighted by atomic mass is 16.5. The van der Waals surface area contributed by atoms with Gasteiger partial charge in [0.2, 0.25) is 0 Å². The average Bonchev–Trinajstić information content (AvgIpc) is 3.11. The summed E-state index contributed by atoms with van der Waals surface area (Å²) in [5.41, 5.74) is 1.22. The molecule has 1 aromatic carbocycles. The number of aromatic nitrogens is 1. The van der Waals surface area contributed by atoms with Gasteiger partial charge >= 0.3 is 5.63 Å². The van der Waals surface area contributed by atoms with Crippen molar-refractivity contribution in [3.05, 3.63) is 82.7 Å². The molecule has 6 nitrogen and oxygen atoms in total. The van der Waals surface area contributed by atoms with E-state index in [2.05, 4.69) is 0 Å². The lowest BCUT2D eigenvalue weighted by Gasteiger charge is -2.39. The van der Waals surface area contributed by atoms with Crippen LogP contribution in [0.3, 0.4) is 0 Å². The van der Waals surface area contributed by atoms with Crippen LogP contribution >= 0.6 is 0 Å². The van der Waals surface area contributed by atoms with Gasteiger partial charge in [-0.3, -0.25) is 4.79 Å². The normalized spacial score (nSPS) is 14.1. The van der Waals surface area contributed by atoms with Gasteiger partial charge in [0.15, 0.2) is 0 Å². The fourth-order valence-electron chi connectivity index (χ4n) is 2.98. The Labute approximate surface area is 150 Å². The van der Waals surface area contributed by atoms with Gasteiger partial charge in [0.25, 0.3) is 5.91 Å². The van der Waals surface area contributed by atoms with E-state index in [9.17, 15) is 9.59 Å². The molecule has 1 aliphatic rings. The van der Waals surface area contributed by atoms with Crippen LogP contribution in [0, 0.1) is 6.92 Å². The molecule has 0 atom stereocenters. The van der Waals surface area contributed by atoms with Crippen LogP contribution < -0.4 is 10.4 Å². The second kappa shape index (κ2) is 6.55. The van der Waals surface area contributed by atoms with E-state index in [0.717, 1.165) is 5.69 Å². The predicted octanol–water partition coefficient (Wildman–Crippen LogP) is 2.64. The third-order valence-corrected chi connectivity index (χ3v) is 4.32. The molecule has 26 heavy (non-hydrogen) atoms. The Kier molecular flexibility index (Phi) is 4.08. The zero-order valence-electron chi connectivity index (χ0n) is 14.3. The van der Waals surface area contributed by atoms with Crippen molar-refractivity contribution >= 4 is 5.91 Å². The Morgan fingerprint density at radius 1 is 1.12 bits per heavy atom. The molecule has 0 saturated carbocycles. The number of hydrogen-bond donors (Lipinski definition) is 0. The van der Waals surface area contributed by atoms with Gasteiger partial charge in [-0.25, -0.2) is 4.79 Å². The van der Waals surface area contributed by atoms with E-state index >= 15 is 0 Å². The van der Waals surface area contributed by atoms with Gasteiger partial charge in [0.05, 0.1) is 19.2 Å². The molecule has 4 rings (SSSR count). The van der Waals surface area contributed by atoms with Gasteiger partial charge in [-0.05, 0) is 43.3 Å². The largest absolute Gasteiger partial charge is 0.486 e. The summed E-state index contributed by atoms with van der Waals surface area (Å²) in [4.78, 5) is 25.6. The van der Waals surface area contributed by atoms with Crippen LogP contribution in [0.4, 0.5) is 0 Å². The van der Waals surface area contributed by atoms with Crippen molar-refractivity contribution in [2.45, 2.75) is 13.0 Å². The summed E-state index contributed by atoms with van der Waals surface area (Å²) in [6.07, 6.45) is 3.81. The summed E-state index contributed by atoms with van der Waals surface area (Å²) in [5, 5.41) is 0. The van der Waals surface area contributed by atoms with E-state index in [4.69, 9.17) is 9.15 Å². The fourth-order valence-corrected chi connectivity index (χ4v) is 2.98.